The average Bonchev–Trinajstić information content (AvgIpc) is 2.79. The smallest absolute Gasteiger partial charge is 0.257 e. The van der Waals surface area contributed by atoms with Crippen LogP contribution in [-0.4, -0.2) is 55.1 Å². The van der Waals surface area contributed by atoms with E-state index in [1.165, 1.54) is 13.2 Å². The summed E-state index contributed by atoms with van der Waals surface area (Å²) in [6.45, 7) is 4.69. The number of rotatable bonds is 6. The molecule has 1 fully saturated rings. The van der Waals surface area contributed by atoms with Gasteiger partial charge in [0.25, 0.3) is 5.91 Å². The number of hydrogen-bond donors (Lipinski definition) is 2. The van der Waals surface area contributed by atoms with Crippen molar-refractivity contribution in [2.75, 3.05) is 43.5 Å². The molecular formula is C23H26Cl2N4O3S. The molecule has 2 aromatic carbocycles. The minimum absolute atomic E-state index is 0.132. The average molecular weight is 509 g/mol. The molecule has 0 aliphatic carbocycles. The summed E-state index contributed by atoms with van der Waals surface area (Å²) in [5.41, 5.74) is 1.92. The molecule has 2 amide bonds. The third kappa shape index (κ3) is 6.50. The van der Waals surface area contributed by atoms with Crippen LogP contribution < -0.4 is 20.3 Å². The highest BCUT2D eigenvalue weighted by Gasteiger charge is 2.22. The number of benzene rings is 2. The van der Waals surface area contributed by atoms with E-state index in [0.717, 1.165) is 12.1 Å². The van der Waals surface area contributed by atoms with Crippen molar-refractivity contribution in [3.05, 3.63) is 52.0 Å². The second kappa shape index (κ2) is 11.5. The standard InChI is InChI=1S/C23H26Cl2N4O3S/c1-3-4-21(30)29-11-9-28(10-12-29)19-7-6-16(24)14-18(19)26-23(33)27-22(31)15-5-8-20(32-2)17(25)13-15/h5-8,13-14H,3-4,9-12H2,1-2H3,(H2,26,27,31,33). The van der Waals surface area contributed by atoms with E-state index in [0.29, 0.717) is 59.6 Å². The van der Waals surface area contributed by atoms with Crippen LogP contribution >= 0.6 is 35.4 Å². The summed E-state index contributed by atoms with van der Waals surface area (Å²) in [6, 6.07) is 10.2. The van der Waals surface area contributed by atoms with Crippen LogP contribution in [0.15, 0.2) is 36.4 Å². The summed E-state index contributed by atoms with van der Waals surface area (Å²) in [7, 11) is 1.51. The van der Waals surface area contributed by atoms with Crippen molar-refractivity contribution in [1.82, 2.24) is 10.2 Å². The summed E-state index contributed by atoms with van der Waals surface area (Å²) in [5, 5.41) is 6.74. The van der Waals surface area contributed by atoms with Crippen molar-refractivity contribution in [3.63, 3.8) is 0 Å². The van der Waals surface area contributed by atoms with Gasteiger partial charge in [0, 0.05) is 43.2 Å². The zero-order valence-electron chi connectivity index (χ0n) is 18.5. The molecule has 0 bridgehead atoms. The first-order valence-electron chi connectivity index (χ1n) is 10.6. The highest BCUT2D eigenvalue weighted by atomic mass is 35.5. The van der Waals surface area contributed by atoms with Gasteiger partial charge in [-0.3, -0.25) is 14.9 Å². The van der Waals surface area contributed by atoms with Crippen molar-refractivity contribution in [1.29, 1.82) is 0 Å². The summed E-state index contributed by atoms with van der Waals surface area (Å²) < 4.78 is 5.11. The third-order valence-corrected chi connectivity index (χ3v) is 6.02. The van der Waals surface area contributed by atoms with Gasteiger partial charge in [-0.15, -0.1) is 0 Å². The number of carbonyl (C=O) groups excluding carboxylic acids is 2. The predicted molar refractivity (Wildman–Crippen MR) is 137 cm³/mol. The molecular weight excluding hydrogens is 483 g/mol. The summed E-state index contributed by atoms with van der Waals surface area (Å²) in [5.74, 6) is 0.270. The van der Waals surface area contributed by atoms with E-state index in [9.17, 15) is 9.59 Å². The molecule has 0 saturated carbocycles. The van der Waals surface area contributed by atoms with E-state index in [2.05, 4.69) is 15.5 Å². The van der Waals surface area contributed by atoms with Crippen LogP contribution in [0.2, 0.25) is 10.0 Å². The van der Waals surface area contributed by atoms with Crippen LogP contribution in [0.5, 0.6) is 5.75 Å². The molecule has 1 heterocycles. The van der Waals surface area contributed by atoms with Gasteiger partial charge in [0.1, 0.15) is 5.75 Å². The van der Waals surface area contributed by atoms with E-state index in [-0.39, 0.29) is 11.0 Å². The molecule has 0 aromatic heterocycles. The normalized spacial score (nSPS) is 13.5. The van der Waals surface area contributed by atoms with Crippen LogP contribution in [0.4, 0.5) is 11.4 Å². The molecule has 1 aliphatic heterocycles. The molecule has 33 heavy (non-hydrogen) atoms. The first-order valence-corrected chi connectivity index (χ1v) is 11.8. The number of carbonyl (C=O) groups is 2. The third-order valence-electron chi connectivity index (χ3n) is 5.28. The molecule has 0 unspecified atom stereocenters. The number of methoxy groups -OCH3 is 1. The SMILES string of the molecule is CCCC(=O)N1CCN(c2ccc(Cl)cc2NC(=S)NC(=O)c2ccc(OC)c(Cl)c2)CC1. The van der Waals surface area contributed by atoms with Gasteiger partial charge in [-0.2, -0.15) is 0 Å². The van der Waals surface area contributed by atoms with Gasteiger partial charge in [-0.05, 0) is 55.0 Å². The van der Waals surface area contributed by atoms with Crippen LogP contribution in [0.3, 0.4) is 0 Å². The van der Waals surface area contributed by atoms with E-state index < -0.39 is 5.91 Å². The van der Waals surface area contributed by atoms with Crippen molar-refractivity contribution >= 4 is 63.7 Å². The Kier molecular flexibility index (Phi) is 8.77. The molecule has 7 nitrogen and oxygen atoms in total. The van der Waals surface area contributed by atoms with Crippen molar-refractivity contribution in [2.24, 2.45) is 0 Å². The van der Waals surface area contributed by atoms with E-state index >= 15 is 0 Å². The maximum absolute atomic E-state index is 12.6. The van der Waals surface area contributed by atoms with Gasteiger partial charge in [0.2, 0.25) is 5.91 Å². The Morgan fingerprint density at radius 1 is 1.09 bits per heavy atom. The Hall–Kier alpha value is -2.55. The van der Waals surface area contributed by atoms with E-state index in [1.54, 1.807) is 24.3 Å². The van der Waals surface area contributed by atoms with Crippen LogP contribution in [-0.2, 0) is 4.79 Å². The van der Waals surface area contributed by atoms with Gasteiger partial charge < -0.3 is 19.9 Å². The molecule has 10 heteroatoms. The van der Waals surface area contributed by atoms with Gasteiger partial charge in [0.15, 0.2) is 5.11 Å². The lowest BCUT2D eigenvalue weighted by molar-refractivity contribution is -0.131. The topological polar surface area (TPSA) is 73.9 Å². The van der Waals surface area contributed by atoms with Crippen LogP contribution in [0.1, 0.15) is 30.1 Å². The number of nitrogens with zero attached hydrogens (tertiary/aromatic N) is 2. The molecule has 0 radical (unpaired) electrons. The Morgan fingerprint density at radius 3 is 2.45 bits per heavy atom. The number of halogens is 2. The van der Waals surface area contributed by atoms with Crippen LogP contribution in [0, 0.1) is 0 Å². The van der Waals surface area contributed by atoms with Gasteiger partial charge in [-0.1, -0.05) is 30.1 Å². The van der Waals surface area contributed by atoms with Crippen molar-refractivity contribution in [3.8, 4) is 5.75 Å². The minimum atomic E-state index is -0.399. The second-order valence-corrected chi connectivity index (χ2v) is 8.79. The maximum Gasteiger partial charge on any atom is 0.257 e. The first kappa shape index (κ1) is 25.1. The van der Waals surface area contributed by atoms with Crippen molar-refractivity contribution in [2.45, 2.75) is 19.8 Å². The predicted octanol–water partition coefficient (Wildman–Crippen LogP) is 4.58. The van der Waals surface area contributed by atoms with E-state index in [1.807, 2.05) is 17.9 Å². The maximum atomic E-state index is 12.6. The molecule has 0 spiro atoms. The number of anilines is 2. The Bertz CT molecular complexity index is 1040. The number of piperazine rings is 1. The summed E-state index contributed by atoms with van der Waals surface area (Å²) in [6.07, 6.45) is 1.41. The number of ether oxygens (including phenoxy) is 1. The lowest BCUT2D eigenvalue weighted by Gasteiger charge is -2.37. The van der Waals surface area contributed by atoms with Gasteiger partial charge >= 0.3 is 0 Å². The minimum Gasteiger partial charge on any atom is -0.495 e. The highest BCUT2D eigenvalue weighted by molar-refractivity contribution is 7.80. The van der Waals surface area contributed by atoms with Crippen molar-refractivity contribution < 1.29 is 14.3 Å². The second-order valence-electron chi connectivity index (χ2n) is 7.54. The number of hydrogen-bond acceptors (Lipinski definition) is 5. The lowest BCUT2D eigenvalue weighted by Crippen LogP contribution is -2.49. The molecule has 2 N–H and O–H groups in total. The largest absolute Gasteiger partial charge is 0.495 e. The van der Waals surface area contributed by atoms with Crippen LogP contribution in [0.25, 0.3) is 0 Å². The zero-order valence-corrected chi connectivity index (χ0v) is 20.8. The van der Waals surface area contributed by atoms with Gasteiger partial charge in [0.05, 0.1) is 23.5 Å². The Labute approximate surface area is 209 Å². The number of nitrogens with one attached hydrogen (secondary N) is 2. The number of amides is 2. The Morgan fingerprint density at radius 2 is 1.82 bits per heavy atom. The summed E-state index contributed by atoms with van der Waals surface area (Å²) >= 11 is 17.7. The highest BCUT2D eigenvalue weighted by Crippen LogP contribution is 2.30. The fourth-order valence-corrected chi connectivity index (χ4v) is 4.22. The molecule has 0 atom stereocenters. The molecule has 1 saturated heterocycles. The zero-order chi connectivity index (χ0) is 24.0. The quantitative estimate of drug-likeness (QED) is 0.556. The lowest BCUT2D eigenvalue weighted by atomic mass is 10.2. The summed E-state index contributed by atoms with van der Waals surface area (Å²) in [4.78, 5) is 28.8. The van der Waals surface area contributed by atoms with E-state index in [4.69, 9.17) is 40.2 Å². The Balaban J connectivity index is 1.67. The van der Waals surface area contributed by atoms with Gasteiger partial charge in [-0.25, -0.2) is 0 Å². The molecule has 3 rings (SSSR count). The molecule has 1 aliphatic rings. The fourth-order valence-electron chi connectivity index (χ4n) is 3.59. The molecule has 176 valence electrons. The fraction of sp³-hybridized carbons (Fsp3) is 0.348. The monoisotopic (exact) mass is 508 g/mol. The molecule has 2 aromatic rings. The number of thiocarbonyl (C=S) groups is 1. The first-order chi connectivity index (χ1) is 15.8.